The van der Waals surface area contributed by atoms with Gasteiger partial charge < -0.3 is 10.6 Å². The molecule has 1 aromatic heterocycles. The number of nitrogens with one attached hydrogen (secondary N) is 2. The normalized spacial score (nSPS) is 10.7. The highest BCUT2D eigenvalue weighted by atomic mass is 32.1. The van der Waals surface area contributed by atoms with Gasteiger partial charge in [0.2, 0.25) is 0 Å². The second-order valence-electron chi connectivity index (χ2n) is 6.36. The lowest BCUT2D eigenvalue weighted by atomic mass is 9.99. The molecular weight excluding hydrogens is 415 g/mol. The van der Waals surface area contributed by atoms with Crippen molar-refractivity contribution in [3.63, 3.8) is 0 Å². The van der Waals surface area contributed by atoms with E-state index >= 15 is 0 Å². The van der Waals surface area contributed by atoms with E-state index in [1.807, 2.05) is 17.5 Å². The molecule has 0 spiro atoms. The number of halogens is 3. The molecule has 3 aromatic rings. The zero-order chi connectivity index (χ0) is 20.6. The van der Waals surface area contributed by atoms with Crippen molar-refractivity contribution in [2.24, 2.45) is 0 Å². The van der Waals surface area contributed by atoms with Crippen molar-refractivity contribution in [1.29, 1.82) is 0 Å². The number of hydrogen-bond donors (Lipinski definition) is 2. The van der Waals surface area contributed by atoms with Crippen LogP contribution in [-0.2, 0) is 12.8 Å². The number of rotatable bonds is 8. The standard InChI is InChI=1S/C21H20F3N3S2/c22-10-1-2-16-7-8-17(19(24)18(16)23)15-5-3-14(4-6-15)9-11-25-20(28)27-21-26-12-13-29-21/h3-8,12-13H,1-2,9-11H2,(H2,25,26,27,28). The first-order chi connectivity index (χ1) is 14.1. The molecule has 29 heavy (non-hydrogen) atoms. The molecule has 0 aliphatic carbocycles. The Hall–Kier alpha value is -2.45. The molecule has 1 heterocycles. The Morgan fingerprint density at radius 1 is 1.03 bits per heavy atom. The van der Waals surface area contributed by atoms with Crippen LogP contribution in [-0.4, -0.2) is 23.3 Å². The maximum atomic E-state index is 14.4. The van der Waals surface area contributed by atoms with Crippen LogP contribution in [0.3, 0.4) is 0 Å². The number of anilines is 1. The Balaban J connectivity index is 1.57. The average molecular weight is 436 g/mol. The second-order valence-corrected chi connectivity index (χ2v) is 7.66. The fourth-order valence-corrected chi connectivity index (χ4v) is 3.66. The molecule has 2 aromatic carbocycles. The fourth-order valence-electron chi connectivity index (χ4n) is 2.86. The average Bonchev–Trinajstić information content (AvgIpc) is 3.23. The van der Waals surface area contributed by atoms with E-state index in [0.29, 0.717) is 17.2 Å². The van der Waals surface area contributed by atoms with Crippen LogP contribution >= 0.6 is 23.6 Å². The molecule has 0 saturated heterocycles. The van der Waals surface area contributed by atoms with Crippen LogP contribution in [0, 0.1) is 11.6 Å². The largest absolute Gasteiger partial charge is 0.362 e. The van der Waals surface area contributed by atoms with Crippen LogP contribution in [0.4, 0.5) is 18.3 Å². The van der Waals surface area contributed by atoms with Gasteiger partial charge in [-0.1, -0.05) is 36.4 Å². The first-order valence-electron chi connectivity index (χ1n) is 9.15. The molecule has 0 atom stereocenters. The van der Waals surface area contributed by atoms with Crippen molar-refractivity contribution in [3.05, 3.63) is 70.7 Å². The molecule has 2 N–H and O–H groups in total. The van der Waals surface area contributed by atoms with Gasteiger partial charge in [0.05, 0.1) is 6.67 Å². The molecule has 0 fully saturated rings. The van der Waals surface area contributed by atoms with E-state index in [1.54, 1.807) is 24.4 Å². The number of aryl methyl sites for hydroxylation is 1. The molecule has 0 unspecified atom stereocenters. The maximum absolute atomic E-state index is 14.4. The molecule has 3 nitrogen and oxygen atoms in total. The minimum absolute atomic E-state index is 0.182. The smallest absolute Gasteiger partial charge is 0.188 e. The summed E-state index contributed by atoms with van der Waals surface area (Å²) in [5.41, 5.74) is 2.04. The summed E-state index contributed by atoms with van der Waals surface area (Å²) in [6.07, 6.45) is 2.79. The zero-order valence-electron chi connectivity index (χ0n) is 15.6. The molecule has 0 aliphatic heterocycles. The van der Waals surface area contributed by atoms with Crippen LogP contribution in [0.15, 0.2) is 48.0 Å². The van der Waals surface area contributed by atoms with Crippen molar-refractivity contribution < 1.29 is 13.2 Å². The molecule has 0 bridgehead atoms. The Morgan fingerprint density at radius 3 is 2.52 bits per heavy atom. The fraction of sp³-hybridized carbons (Fsp3) is 0.238. The first-order valence-corrected chi connectivity index (χ1v) is 10.4. The van der Waals surface area contributed by atoms with Crippen molar-refractivity contribution in [1.82, 2.24) is 10.3 Å². The number of alkyl halides is 1. The van der Waals surface area contributed by atoms with E-state index in [-0.39, 0.29) is 24.0 Å². The summed E-state index contributed by atoms with van der Waals surface area (Å²) in [6, 6.07) is 10.4. The monoisotopic (exact) mass is 435 g/mol. The van der Waals surface area contributed by atoms with Crippen molar-refractivity contribution >= 4 is 33.8 Å². The Bertz CT molecular complexity index is 945. The van der Waals surface area contributed by atoms with Crippen LogP contribution in [0.2, 0.25) is 0 Å². The number of benzene rings is 2. The van der Waals surface area contributed by atoms with E-state index in [1.165, 1.54) is 17.4 Å². The van der Waals surface area contributed by atoms with E-state index in [9.17, 15) is 13.2 Å². The summed E-state index contributed by atoms with van der Waals surface area (Å²) in [7, 11) is 0. The van der Waals surface area contributed by atoms with Crippen molar-refractivity contribution in [3.8, 4) is 11.1 Å². The molecular formula is C21H20F3N3S2. The van der Waals surface area contributed by atoms with Crippen molar-refractivity contribution in [2.75, 3.05) is 18.5 Å². The van der Waals surface area contributed by atoms with Gasteiger partial charge in [0.1, 0.15) is 0 Å². The number of thiocarbonyl (C=S) groups is 1. The number of hydrogen-bond acceptors (Lipinski definition) is 3. The molecule has 0 saturated carbocycles. The van der Waals surface area contributed by atoms with Crippen LogP contribution in [0.25, 0.3) is 11.1 Å². The summed E-state index contributed by atoms with van der Waals surface area (Å²) >= 11 is 6.68. The van der Waals surface area contributed by atoms with Gasteiger partial charge in [-0.3, -0.25) is 4.39 Å². The minimum Gasteiger partial charge on any atom is -0.362 e. The van der Waals surface area contributed by atoms with Gasteiger partial charge >= 0.3 is 0 Å². The predicted octanol–water partition coefficient (Wildman–Crippen LogP) is 5.52. The Morgan fingerprint density at radius 2 is 1.83 bits per heavy atom. The summed E-state index contributed by atoms with van der Waals surface area (Å²) in [4.78, 5) is 4.10. The summed E-state index contributed by atoms with van der Waals surface area (Å²) in [5, 5.41) is 9.20. The van der Waals surface area contributed by atoms with Gasteiger partial charge in [-0.15, -0.1) is 11.3 Å². The van der Waals surface area contributed by atoms with Crippen LogP contribution in [0.1, 0.15) is 17.5 Å². The zero-order valence-corrected chi connectivity index (χ0v) is 17.2. The number of nitrogens with zero attached hydrogens (tertiary/aromatic N) is 1. The van der Waals surface area contributed by atoms with Crippen LogP contribution in [0.5, 0.6) is 0 Å². The maximum Gasteiger partial charge on any atom is 0.188 e. The van der Waals surface area contributed by atoms with Gasteiger partial charge in [0.25, 0.3) is 0 Å². The van der Waals surface area contributed by atoms with Crippen LogP contribution < -0.4 is 10.6 Å². The van der Waals surface area contributed by atoms with Crippen molar-refractivity contribution in [2.45, 2.75) is 19.3 Å². The third-order valence-electron chi connectivity index (χ3n) is 4.36. The second kappa shape index (κ2) is 10.4. The van der Waals surface area contributed by atoms with Gasteiger partial charge in [0.15, 0.2) is 21.9 Å². The lowest BCUT2D eigenvalue weighted by Crippen LogP contribution is -2.30. The van der Waals surface area contributed by atoms with Gasteiger partial charge in [0, 0.05) is 23.7 Å². The topological polar surface area (TPSA) is 37.0 Å². The molecule has 0 aliphatic rings. The van der Waals surface area contributed by atoms with Gasteiger partial charge in [-0.05, 0) is 48.2 Å². The Labute approximate surface area is 177 Å². The summed E-state index contributed by atoms with van der Waals surface area (Å²) in [6.45, 7) is 0.0770. The highest BCUT2D eigenvalue weighted by molar-refractivity contribution is 7.80. The highest BCUT2D eigenvalue weighted by Crippen LogP contribution is 2.27. The first kappa shape index (κ1) is 21.3. The van der Waals surface area contributed by atoms with E-state index in [4.69, 9.17) is 12.2 Å². The number of thiazole rings is 1. The molecule has 0 amide bonds. The SMILES string of the molecule is FCCCc1ccc(-c2ccc(CCNC(=S)Nc3nccs3)cc2)c(F)c1F. The molecule has 152 valence electrons. The Kier molecular flexibility index (Phi) is 7.60. The third-order valence-corrected chi connectivity index (χ3v) is 5.29. The lowest BCUT2D eigenvalue weighted by Gasteiger charge is -2.10. The van der Waals surface area contributed by atoms with E-state index in [0.717, 1.165) is 17.1 Å². The summed E-state index contributed by atoms with van der Waals surface area (Å²) < 4.78 is 40.9. The number of aromatic nitrogens is 1. The lowest BCUT2D eigenvalue weighted by molar-refractivity contribution is 0.461. The van der Waals surface area contributed by atoms with E-state index < -0.39 is 18.3 Å². The predicted molar refractivity (Wildman–Crippen MR) is 116 cm³/mol. The van der Waals surface area contributed by atoms with Gasteiger partial charge in [-0.2, -0.15) is 0 Å². The van der Waals surface area contributed by atoms with Gasteiger partial charge in [-0.25, -0.2) is 13.8 Å². The van der Waals surface area contributed by atoms with E-state index in [2.05, 4.69) is 15.6 Å². The summed E-state index contributed by atoms with van der Waals surface area (Å²) in [5.74, 6) is -1.79. The highest BCUT2D eigenvalue weighted by Gasteiger charge is 2.14. The molecule has 0 radical (unpaired) electrons. The third kappa shape index (κ3) is 5.77. The quantitative estimate of drug-likeness (QED) is 0.457. The molecule has 3 rings (SSSR count). The molecule has 8 heteroatoms. The minimum atomic E-state index is -0.898.